The number of rotatable bonds is 7. The number of amides is 1. The maximum atomic E-state index is 11.6. The van der Waals surface area contributed by atoms with Gasteiger partial charge in [-0.15, -0.1) is 0 Å². The highest BCUT2D eigenvalue weighted by molar-refractivity contribution is 6.06. The highest BCUT2D eigenvalue weighted by Crippen LogP contribution is 2.27. The Bertz CT molecular complexity index is 1010. The largest absolute Gasteiger partial charge is 0.382 e. The van der Waals surface area contributed by atoms with Crippen LogP contribution in [0.25, 0.3) is 10.9 Å². The van der Waals surface area contributed by atoms with E-state index in [0.717, 1.165) is 0 Å². The fourth-order valence-corrected chi connectivity index (χ4v) is 2.81. The molecule has 3 rings (SSSR count). The van der Waals surface area contributed by atoms with Gasteiger partial charge in [0.15, 0.2) is 0 Å². The van der Waals surface area contributed by atoms with Crippen molar-refractivity contribution in [1.82, 2.24) is 9.97 Å². The van der Waals surface area contributed by atoms with Gasteiger partial charge in [0.2, 0.25) is 0 Å². The molecule has 0 saturated carbocycles. The number of ether oxygens (including phenoxy) is 1. The Kier molecular flexibility index (Phi) is 5.23. The molecule has 0 aliphatic carbocycles. The Morgan fingerprint density at radius 2 is 2.07 bits per heavy atom. The van der Waals surface area contributed by atoms with Crippen LogP contribution >= 0.6 is 0 Å². The Morgan fingerprint density at radius 1 is 1.30 bits per heavy atom. The van der Waals surface area contributed by atoms with Crippen LogP contribution in [-0.2, 0) is 4.74 Å². The number of fused-ring (bicyclic) bond motifs is 1. The topological polar surface area (TPSA) is 133 Å². The minimum atomic E-state index is -0.586. The molecule has 0 fully saturated rings. The zero-order valence-corrected chi connectivity index (χ0v) is 14.5. The highest BCUT2D eigenvalue weighted by Gasteiger charge is 2.18. The summed E-state index contributed by atoms with van der Waals surface area (Å²) >= 11 is 0. The third kappa shape index (κ3) is 3.82. The van der Waals surface area contributed by atoms with Crippen molar-refractivity contribution in [2.45, 2.75) is 6.04 Å². The summed E-state index contributed by atoms with van der Waals surface area (Å²) < 4.78 is 5.26. The minimum Gasteiger partial charge on any atom is -0.382 e. The lowest BCUT2D eigenvalue weighted by molar-refractivity contribution is -0.384. The number of anilines is 1. The maximum Gasteiger partial charge on any atom is 0.269 e. The summed E-state index contributed by atoms with van der Waals surface area (Å²) in [6.45, 7) is 0.252. The van der Waals surface area contributed by atoms with Gasteiger partial charge in [0, 0.05) is 24.6 Å². The first-order valence-electron chi connectivity index (χ1n) is 8.04. The molecule has 1 unspecified atom stereocenters. The number of hydrogen-bond donors (Lipinski definition) is 2. The fraction of sp³-hybridized carbons (Fsp3) is 0.167. The SMILES string of the molecule is COCC(Nc1ncnc2c(C(N)=O)cccc12)c1cccc([N+](=O)[O-])c1. The van der Waals surface area contributed by atoms with E-state index in [9.17, 15) is 14.9 Å². The number of primary amides is 1. The molecule has 1 atom stereocenters. The molecule has 0 spiro atoms. The first-order chi connectivity index (χ1) is 13.0. The van der Waals surface area contributed by atoms with E-state index < -0.39 is 16.9 Å². The average Bonchev–Trinajstić information content (AvgIpc) is 2.67. The van der Waals surface area contributed by atoms with Gasteiger partial charge in [-0.2, -0.15) is 0 Å². The van der Waals surface area contributed by atoms with Crippen molar-refractivity contribution in [2.75, 3.05) is 19.0 Å². The van der Waals surface area contributed by atoms with E-state index in [1.165, 1.54) is 25.6 Å². The molecule has 0 saturated heterocycles. The maximum absolute atomic E-state index is 11.6. The van der Waals surface area contributed by atoms with Crippen LogP contribution < -0.4 is 11.1 Å². The minimum absolute atomic E-state index is 0.0148. The molecule has 0 aliphatic rings. The van der Waals surface area contributed by atoms with Crippen molar-refractivity contribution in [3.8, 4) is 0 Å². The molecule has 1 heterocycles. The van der Waals surface area contributed by atoms with Gasteiger partial charge in [-0.3, -0.25) is 14.9 Å². The van der Waals surface area contributed by atoms with Gasteiger partial charge in [0.05, 0.1) is 28.7 Å². The second-order valence-corrected chi connectivity index (χ2v) is 5.79. The molecule has 1 amide bonds. The van der Waals surface area contributed by atoms with E-state index in [-0.39, 0.29) is 17.9 Å². The van der Waals surface area contributed by atoms with E-state index in [2.05, 4.69) is 15.3 Å². The number of nitro groups is 1. The molecule has 3 aromatic rings. The van der Waals surface area contributed by atoms with Crippen molar-refractivity contribution in [3.05, 3.63) is 70.0 Å². The standard InChI is InChI=1S/C18H17N5O4/c1-27-9-15(11-4-2-5-12(8-11)23(25)26)22-18-14-7-3-6-13(17(19)24)16(14)20-10-21-18/h2-8,10,15H,9H2,1H3,(H2,19,24)(H,20,21,22). The Morgan fingerprint density at radius 3 is 2.78 bits per heavy atom. The number of nitrogens with one attached hydrogen (secondary N) is 1. The number of benzene rings is 2. The Balaban J connectivity index is 2.03. The number of carbonyl (C=O) groups excluding carboxylic acids is 1. The quantitative estimate of drug-likeness (QED) is 0.484. The van der Waals surface area contributed by atoms with Gasteiger partial charge >= 0.3 is 0 Å². The third-order valence-corrected chi connectivity index (χ3v) is 4.06. The number of hydrogen-bond acceptors (Lipinski definition) is 7. The lowest BCUT2D eigenvalue weighted by Gasteiger charge is -2.20. The number of methoxy groups -OCH3 is 1. The number of carbonyl (C=O) groups is 1. The fourth-order valence-electron chi connectivity index (χ4n) is 2.81. The van der Waals surface area contributed by atoms with Crippen LogP contribution in [0.4, 0.5) is 11.5 Å². The number of nitro benzene ring substituents is 1. The van der Waals surface area contributed by atoms with E-state index in [1.807, 2.05) is 0 Å². The number of para-hydroxylation sites is 1. The monoisotopic (exact) mass is 367 g/mol. The molecule has 0 radical (unpaired) electrons. The summed E-state index contributed by atoms with van der Waals surface area (Å²) in [7, 11) is 1.54. The number of non-ortho nitro benzene ring substituents is 1. The Hall–Kier alpha value is -3.59. The van der Waals surface area contributed by atoms with Crippen molar-refractivity contribution >= 4 is 28.3 Å². The summed E-state index contributed by atoms with van der Waals surface area (Å²) in [5, 5.41) is 14.9. The van der Waals surface area contributed by atoms with Gasteiger partial charge in [0.1, 0.15) is 12.1 Å². The van der Waals surface area contributed by atoms with Crippen LogP contribution in [0.3, 0.4) is 0 Å². The molecule has 2 aromatic carbocycles. The summed E-state index contributed by atoms with van der Waals surface area (Å²) in [5.74, 6) is -0.117. The van der Waals surface area contributed by atoms with E-state index in [1.54, 1.807) is 30.3 Å². The van der Waals surface area contributed by atoms with Crippen LogP contribution in [0.5, 0.6) is 0 Å². The van der Waals surface area contributed by atoms with E-state index >= 15 is 0 Å². The van der Waals surface area contributed by atoms with Crippen molar-refractivity contribution in [2.24, 2.45) is 5.73 Å². The van der Waals surface area contributed by atoms with Crippen LogP contribution in [0.2, 0.25) is 0 Å². The molecule has 27 heavy (non-hydrogen) atoms. The highest BCUT2D eigenvalue weighted by atomic mass is 16.6. The van der Waals surface area contributed by atoms with E-state index in [0.29, 0.717) is 22.3 Å². The van der Waals surface area contributed by atoms with Gasteiger partial charge in [-0.25, -0.2) is 9.97 Å². The van der Waals surface area contributed by atoms with Gasteiger partial charge in [-0.1, -0.05) is 18.2 Å². The van der Waals surface area contributed by atoms with Crippen LogP contribution in [0.15, 0.2) is 48.8 Å². The summed E-state index contributed by atoms with van der Waals surface area (Å²) in [5.41, 5.74) is 6.78. The number of nitrogens with zero attached hydrogens (tertiary/aromatic N) is 3. The van der Waals surface area contributed by atoms with Crippen LogP contribution in [0, 0.1) is 10.1 Å². The molecule has 9 nitrogen and oxygen atoms in total. The molecule has 0 aliphatic heterocycles. The molecule has 3 N–H and O–H groups in total. The summed E-state index contributed by atoms with van der Waals surface area (Å²) in [6, 6.07) is 10.9. The van der Waals surface area contributed by atoms with Crippen molar-refractivity contribution < 1.29 is 14.5 Å². The zero-order chi connectivity index (χ0) is 19.4. The third-order valence-electron chi connectivity index (χ3n) is 4.06. The van der Waals surface area contributed by atoms with Crippen LogP contribution in [-0.4, -0.2) is 34.5 Å². The second kappa shape index (κ2) is 7.75. The number of nitrogens with two attached hydrogens (primary N) is 1. The molecule has 0 bridgehead atoms. The lowest BCUT2D eigenvalue weighted by Crippen LogP contribution is -2.18. The molecular weight excluding hydrogens is 350 g/mol. The normalized spacial score (nSPS) is 11.9. The smallest absolute Gasteiger partial charge is 0.269 e. The number of aromatic nitrogens is 2. The van der Waals surface area contributed by atoms with Crippen molar-refractivity contribution in [1.29, 1.82) is 0 Å². The van der Waals surface area contributed by atoms with Crippen molar-refractivity contribution in [3.63, 3.8) is 0 Å². The molecule has 1 aromatic heterocycles. The first kappa shape index (κ1) is 18.2. The molecular formula is C18H17N5O4. The van der Waals surface area contributed by atoms with Gasteiger partial charge in [0.25, 0.3) is 11.6 Å². The lowest BCUT2D eigenvalue weighted by atomic mass is 10.1. The molecule has 9 heteroatoms. The predicted octanol–water partition coefficient (Wildman–Crippen LogP) is 2.44. The zero-order valence-electron chi connectivity index (χ0n) is 14.5. The summed E-state index contributed by atoms with van der Waals surface area (Å²) in [4.78, 5) is 30.6. The van der Waals surface area contributed by atoms with E-state index in [4.69, 9.17) is 10.5 Å². The Labute approximate surface area is 154 Å². The van der Waals surface area contributed by atoms with Gasteiger partial charge in [-0.05, 0) is 17.7 Å². The first-order valence-corrected chi connectivity index (χ1v) is 8.04. The van der Waals surface area contributed by atoms with Crippen LogP contribution in [0.1, 0.15) is 22.0 Å². The molecule has 138 valence electrons. The average molecular weight is 367 g/mol. The second-order valence-electron chi connectivity index (χ2n) is 5.79. The predicted molar refractivity (Wildman–Crippen MR) is 99.4 cm³/mol. The summed E-state index contributed by atoms with van der Waals surface area (Å²) in [6.07, 6.45) is 1.33. The van der Waals surface area contributed by atoms with Gasteiger partial charge < -0.3 is 15.8 Å².